The monoisotopic (exact) mass is 409 g/mol. The normalized spacial score (nSPS) is 18.7. The van der Waals surface area contributed by atoms with Crippen LogP contribution in [0.1, 0.15) is 12.0 Å². The molecule has 0 saturated carbocycles. The molecule has 30 heavy (non-hydrogen) atoms. The molecule has 0 aliphatic carbocycles. The van der Waals surface area contributed by atoms with Crippen molar-refractivity contribution >= 4 is 17.5 Å². The quantitative estimate of drug-likeness (QED) is 0.758. The van der Waals surface area contributed by atoms with Crippen molar-refractivity contribution in [2.45, 2.75) is 18.9 Å². The molecule has 7 heteroatoms. The summed E-state index contributed by atoms with van der Waals surface area (Å²) in [4.78, 5) is 29.1. The lowest BCUT2D eigenvalue weighted by molar-refractivity contribution is -0.126. The number of fused-ring (bicyclic) bond motifs is 1. The lowest BCUT2D eigenvalue weighted by atomic mass is 10.0. The number of anilines is 1. The molecule has 2 aromatic carbocycles. The topological polar surface area (TPSA) is 71.1 Å². The van der Waals surface area contributed by atoms with Crippen molar-refractivity contribution in [2.75, 3.05) is 38.9 Å². The summed E-state index contributed by atoms with van der Waals surface area (Å²) in [5.41, 5.74) is 1.96. The summed E-state index contributed by atoms with van der Waals surface area (Å²) in [7, 11) is 4.03. The van der Waals surface area contributed by atoms with Crippen LogP contribution in [0.4, 0.5) is 5.69 Å². The third kappa shape index (κ3) is 4.41. The van der Waals surface area contributed by atoms with E-state index < -0.39 is 0 Å². The Morgan fingerprint density at radius 3 is 2.70 bits per heavy atom. The zero-order valence-electron chi connectivity index (χ0n) is 17.3. The van der Waals surface area contributed by atoms with Gasteiger partial charge in [-0.25, -0.2) is 0 Å². The number of likely N-dealkylation sites (N-methyl/N-ethyl adjacent to an activating group) is 1. The average molecular weight is 409 g/mol. The van der Waals surface area contributed by atoms with Crippen LogP contribution in [0.15, 0.2) is 48.5 Å². The first kappa shape index (κ1) is 20.2. The molecule has 1 fully saturated rings. The number of carbonyl (C=O) groups is 2. The van der Waals surface area contributed by atoms with Crippen molar-refractivity contribution in [3.63, 3.8) is 0 Å². The van der Waals surface area contributed by atoms with Gasteiger partial charge < -0.3 is 24.6 Å². The number of rotatable bonds is 7. The molecule has 1 saturated heterocycles. The zero-order valence-corrected chi connectivity index (χ0v) is 17.3. The summed E-state index contributed by atoms with van der Waals surface area (Å²) in [6, 6.07) is 15.8. The highest BCUT2D eigenvalue weighted by Crippen LogP contribution is 2.37. The molecule has 2 amide bonds. The first-order chi connectivity index (χ1) is 14.5. The van der Waals surface area contributed by atoms with E-state index in [-0.39, 0.29) is 37.0 Å². The van der Waals surface area contributed by atoms with Crippen molar-refractivity contribution in [2.24, 2.45) is 5.92 Å². The fraction of sp³-hybridized carbons (Fsp3) is 0.391. The van der Waals surface area contributed by atoms with Gasteiger partial charge in [0.15, 0.2) is 11.5 Å². The van der Waals surface area contributed by atoms with E-state index in [4.69, 9.17) is 9.47 Å². The smallest absolute Gasteiger partial charge is 0.231 e. The molecular formula is C23H27N3O4. The Hall–Kier alpha value is -3.06. The molecule has 7 nitrogen and oxygen atoms in total. The Morgan fingerprint density at radius 2 is 1.93 bits per heavy atom. The number of carbonyl (C=O) groups excluding carboxylic acids is 2. The fourth-order valence-corrected chi connectivity index (χ4v) is 3.87. The Morgan fingerprint density at radius 1 is 1.17 bits per heavy atom. The summed E-state index contributed by atoms with van der Waals surface area (Å²) in [5, 5.41) is 3.06. The van der Waals surface area contributed by atoms with Crippen LogP contribution in [0.3, 0.4) is 0 Å². The molecule has 0 spiro atoms. The SMILES string of the molecule is CN(C)[C@H](CNC(=O)[C@@H]1CC(=O)N(c2ccc3c(c2)OCO3)C1)Cc1ccccc1. The van der Waals surface area contributed by atoms with E-state index in [0.717, 1.165) is 12.1 Å². The van der Waals surface area contributed by atoms with E-state index in [9.17, 15) is 9.59 Å². The number of hydrogen-bond acceptors (Lipinski definition) is 5. The van der Waals surface area contributed by atoms with Crippen LogP contribution in [-0.4, -0.2) is 56.7 Å². The molecule has 2 aliphatic rings. The second kappa shape index (κ2) is 8.75. The first-order valence-electron chi connectivity index (χ1n) is 10.2. The maximum absolute atomic E-state index is 12.8. The minimum absolute atomic E-state index is 0.0533. The molecule has 2 aliphatic heterocycles. The highest BCUT2D eigenvalue weighted by atomic mass is 16.7. The summed E-state index contributed by atoms with van der Waals surface area (Å²) in [6.45, 7) is 1.10. The number of amides is 2. The predicted molar refractivity (Wildman–Crippen MR) is 114 cm³/mol. The van der Waals surface area contributed by atoms with E-state index in [1.54, 1.807) is 17.0 Å². The third-order valence-electron chi connectivity index (χ3n) is 5.72. The summed E-state index contributed by atoms with van der Waals surface area (Å²) in [5.74, 6) is 0.812. The molecule has 0 radical (unpaired) electrons. The third-order valence-corrected chi connectivity index (χ3v) is 5.72. The van der Waals surface area contributed by atoms with Gasteiger partial charge >= 0.3 is 0 Å². The largest absolute Gasteiger partial charge is 0.454 e. The van der Waals surface area contributed by atoms with E-state index in [2.05, 4.69) is 22.3 Å². The van der Waals surface area contributed by atoms with Crippen molar-refractivity contribution < 1.29 is 19.1 Å². The zero-order chi connectivity index (χ0) is 21.1. The number of ether oxygens (including phenoxy) is 2. The van der Waals surface area contributed by atoms with Crippen molar-refractivity contribution in [3.05, 3.63) is 54.1 Å². The standard InChI is InChI=1S/C23H27N3O4/c1-25(2)19(10-16-6-4-3-5-7-16)13-24-23(28)17-11-22(27)26(14-17)18-8-9-20-21(12-18)30-15-29-20/h3-9,12,17,19H,10-11,13-15H2,1-2H3,(H,24,28)/t17-,19+/m1/s1. The lowest BCUT2D eigenvalue weighted by Gasteiger charge is -2.25. The molecule has 2 aromatic rings. The van der Waals surface area contributed by atoms with Gasteiger partial charge in [0.2, 0.25) is 18.6 Å². The molecule has 0 aromatic heterocycles. The van der Waals surface area contributed by atoms with Gasteiger partial charge in [0.05, 0.1) is 5.92 Å². The number of nitrogens with one attached hydrogen (secondary N) is 1. The minimum atomic E-state index is -0.359. The Kier molecular flexibility index (Phi) is 5.90. The van der Waals surface area contributed by atoms with E-state index in [1.165, 1.54) is 5.56 Å². The summed E-state index contributed by atoms with van der Waals surface area (Å²) < 4.78 is 10.7. The van der Waals surface area contributed by atoms with Gasteiger partial charge in [-0.2, -0.15) is 0 Å². The minimum Gasteiger partial charge on any atom is -0.454 e. The van der Waals surface area contributed by atoms with E-state index in [0.29, 0.717) is 24.6 Å². The van der Waals surface area contributed by atoms with Gasteiger partial charge in [0.25, 0.3) is 0 Å². The number of nitrogens with zero attached hydrogens (tertiary/aromatic N) is 2. The fourth-order valence-electron chi connectivity index (χ4n) is 3.87. The molecule has 0 unspecified atom stereocenters. The molecular weight excluding hydrogens is 382 g/mol. The van der Waals surface area contributed by atoms with Crippen LogP contribution in [0, 0.1) is 5.92 Å². The maximum atomic E-state index is 12.8. The number of hydrogen-bond donors (Lipinski definition) is 1. The van der Waals surface area contributed by atoms with Crippen molar-refractivity contribution in [1.82, 2.24) is 10.2 Å². The van der Waals surface area contributed by atoms with Gasteiger partial charge in [0, 0.05) is 37.3 Å². The van der Waals surface area contributed by atoms with Crippen LogP contribution < -0.4 is 19.7 Å². The first-order valence-corrected chi connectivity index (χ1v) is 10.2. The lowest BCUT2D eigenvalue weighted by Crippen LogP contribution is -2.43. The second-order valence-corrected chi connectivity index (χ2v) is 8.00. The van der Waals surface area contributed by atoms with Crippen molar-refractivity contribution in [1.29, 1.82) is 0 Å². The molecule has 158 valence electrons. The number of benzene rings is 2. The van der Waals surface area contributed by atoms with Crippen molar-refractivity contribution in [3.8, 4) is 11.5 Å². The van der Waals surface area contributed by atoms with E-state index in [1.807, 2.05) is 38.4 Å². The van der Waals surface area contributed by atoms with Gasteiger partial charge in [-0.15, -0.1) is 0 Å². The highest BCUT2D eigenvalue weighted by Gasteiger charge is 2.35. The summed E-state index contributed by atoms with van der Waals surface area (Å²) >= 11 is 0. The summed E-state index contributed by atoms with van der Waals surface area (Å²) in [6.07, 6.45) is 1.06. The predicted octanol–water partition coefficient (Wildman–Crippen LogP) is 2.06. The van der Waals surface area contributed by atoms with Gasteiger partial charge in [-0.1, -0.05) is 30.3 Å². The average Bonchev–Trinajstić information content (AvgIpc) is 3.37. The van der Waals surface area contributed by atoms with Crippen LogP contribution in [0.5, 0.6) is 11.5 Å². The molecule has 1 N–H and O–H groups in total. The van der Waals surface area contributed by atoms with Gasteiger partial charge in [-0.05, 0) is 38.2 Å². The highest BCUT2D eigenvalue weighted by molar-refractivity contribution is 6.00. The molecule has 2 heterocycles. The van der Waals surface area contributed by atoms with Crippen LogP contribution >= 0.6 is 0 Å². The van der Waals surface area contributed by atoms with Gasteiger partial charge in [-0.3, -0.25) is 9.59 Å². The maximum Gasteiger partial charge on any atom is 0.231 e. The molecule has 2 atom stereocenters. The second-order valence-electron chi connectivity index (χ2n) is 8.00. The Bertz CT molecular complexity index is 916. The van der Waals surface area contributed by atoms with Crippen LogP contribution in [0.2, 0.25) is 0 Å². The van der Waals surface area contributed by atoms with Crippen LogP contribution in [-0.2, 0) is 16.0 Å². The van der Waals surface area contributed by atoms with E-state index >= 15 is 0 Å². The molecule has 0 bridgehead atoms. The van der Waals surface area contributed by atoms with Crippen LogP contribution in [0.25, 0.3) is 0 Å². The molecule has 4 rings (SSSR count). The Balaban J connectivity index is 1.35. The van der Waals surface area contributed by atoms with Gasteiger partial charge in [0.1, 0.15) is 0 Å². The Labute approximate surface area is 176 Å².